The van der Waals surface area contributed by atoms with Crippen LogP contribution >= 0.6 is 11.8 Å². The predicted molar refractivity (Wildman–Crippen MR) is 69.8 cm³/mol. The molecule has 5 heteroatoms. The zero-order chi connectivity index (χ0) is 12.9. The van der Waals surface area contributed by atoms with E-state index in [0.29, 0.717) is 17.9 Å². The summed E-state index contributed by atoms with van der Waals surface area (Å²) in [5.41, 5.74) is 5.96. The average Bonchev–Trinajstić information content (AvgIpc) is 2.18. The van der Waals surface area contributed by atoms with Gasteiger partial charge in [-0.15, -0.1) is 11.8 Å². The lowest BCUT2D eigenvalue weighted by molar-refractivity contribution is -0.154. The molecular weight excluding hydrogens is 236 g/mol. The molecular formula is C12H18N2O2S. The number of hydrogen-bond acceptors (Lipinski definition) is 5. The van der Waals surface area contributed by atoms with Gasteiger partial charge in [0.05, 0.1) is 18.3 Å². The summed E-state index contributed by atoms with van der Waals surface area (Å²) in [7, 11) is 0. The molecule has 0 amide bonds. The number of carbonyl (C=O) groups excluding carboxylic acids is 1. The Kier molecular flexibility index (Phi) is 4.81. The normalized spacial score (nSPS) is 11.2. The third-order valence-corrected chi connectivity index (χ3v) is 2.88. The van der Waals surface area contributed by atoms with E-state index in [2.05, 4.69) is 4.98 Å². The molecule has 0 radical (unpaired) electrons. The molecule has 0 saturated heterocycles. The molecule has 0 aliphatic heterocycles. The molecule has 0 aliphatic rings. The molecule has 0 aliphatic carbocycles. The van der Waals surface area contributed by atoms with Crippen LogP contribution in [0.25, 0.3) is 0 Å². The number of ether oxygens (including phenoxy) is 1. The second kappa shape index (κ2) is 5.91. The number of pyridine rings is 1. The first-order valence-corrected chi connectivity index (χ1v) is 6.41. The minimum Gasteiger partial charge on any atom is -0.460 e. The summed E-state index contributed by atoms with van der Waals surface area (Å²) in [6.07, 6.45) is 3.67. The van der Waals surface area contributed by atoms with Crippen molar-refractivity contribution in [3.63, 3.8) is 0 Å². The Hall–Kier alpha value is -1.23. The maximum atomic E-state index is 11.5. The van der Waals surface area contributed by atoms with Crippen molar-refractivity contribution in [1.29, 1.82) is 0 Å². The highest BCUT2D eigenvalue weighted by Gasteiger charge is 2.15. The van der Waals surface area contributed by atoms with Crippen LogP contribution in [0.3, 0.4) is 0 Å². The Bertz CT molecular complexity index is 388. The van der Waals surface area contributed by atoms with Gasteiger partial charge >= 0.3 is 5.97 Å². The Morgan fingerprint density at radius 1 is 1.53 bits per heavy atom. The van der Waals surface area contributed by atoms with Gasteiger partial charge in [-0.25, -0.2) is 0 Å². The summed E-state index contributed by atoms with van der Waals surface area (Å²) in [6, 6.07) is 1.84. The van der Waals surface area contributed by atoms with Crippen molar-refractivity contribution in [3.05, 3.63) is 18.5 Å². The Morgan fingerprint density at radius 2 is 2.24 bits per heavy atom. The van der Waals surface area contributed by atoms with E-state index in [4.69, 9.17) is 10.5 Å². The van der Waals surface area contributed by atoms with Crippen molar-refractivity contribution >= 4 is 23.4 Å². The van der Waals surface area contributed by atoms with Crippen LogP contribution in [0.1, 0.15) is 27.2 Å². The van der Waals surface area contributed by atoms with Crippen molar-refractivity contribution in [2.75, 3.05) is 11.5 Å². The van der Waals surface area contributed by atoms with Crippen LogP contribution in [-0.4, -0.2) is 22.3 Å². The van der Waals surface area contributed by atoms with Gasteiger partial charge in [0.1, 0.15) is 5.60 Å². The fourth-order valence-corrected chi connectivity index (χ4v) is 2.03. The lowest BCUT2D eigenvalue weighted by atomic mass is 10.2. The zero-order valence-corrected chi connectivity index (χ0v) is 11.2. The Balaban J connectivity index is 2.34. The fourth-order valence-electron chi connectivity index (χ4n) is 1.16. The highest BCUT2D eigenvalue weighted by atomic mass is 32.2. The quantitative estimate of drug-likeness (QED) is 0.660. The first-order valence-electron chi connectivity index (χ1n) is 5.42. The Labute approximate surface area is 106 Å². The van der Waals surface area contributed by atoms with Gasteiger partial charge < -0.3 is 10.5 Å². The molecule has 17 heavy (non-hydrogen) atoms. The summed E-state index contributed by atoms with van der Waals surface area (Å²) in [5, 5.41) is 0. The van der Waals surface area contributed by atoms with Crippen LogP contribution in [0.4, 0.5) is 5.69 Å². The lowest BCUT2D eigenvalue weighted by Crippen LogP contribution is -2.24. The van der Waals surface area contributed by atoms with Crippen molar-refractivity contribution in [3.8, 4) is 0 Å². The molecule has 0 aromatic carbocycles. The van der Waals surface area contributed by atoms with Gasteiger partial charge in [-0.2, -0.15) is 0 Å². The number of nitrogens with two attached hydrogens (primary N) is 1. The fraction of sp³-hybridized carbons (Fsp3) is 0.500. The number of nitrogens with zero attached hydrogens (tertiary/aromatic N) is 1. The summed E-state index contributed by atoms with van der Waals surface area (Å²) in [4.78, 5) is 16.3. The smallest absolute Gasteiger partial charge is 0.307 e. The summed E-state index contributed by atoms with van der Waals surface area (Å²) >= 11 is 1.54. The summed E-state index contributed by atoms with van der Waals surface area (Å²) in [5.74, 6) is 0.473. The SMILES string of the molecule is CC(C)(C)OC(=O)CCSc1ccncc1N. The van der Waals surface area contributed by atoms with Crippen LogP contribution < -0.4 is 5.73 Å². The number of aromatic nitrogens is 1. The van der Waals surface area contributed by atoms with Crippen molar-refractivity contribution in [2.45, 2.75) is 37.7 Å². The topological polar surface area (TPSA) is 65.2 Å². The third-order valence-electron chi connectivity index (χ3n) is 1.79. The monoisotopic (exact) mass is 254 g/mol. The van der Waals surface area contributed by atoms with Crippen molar-refractivity contribution in [1.82, 2.24) is 4.98 Å². The third kappa shape index (κ3) is 5.58. The average molecular weight is 254 g/mol. The van der Waals surface area contributed by atoms with Crippen molar-refractivity contribution < 1.29 is 9.53 Å². The molecule has 94 valence electrons. The minimum absolute atomic E-state index is 0.183. The molecule has 0 spiro atoms. The van der Waals surface area contributed by atoms with Gasteiger partial charge in [-0.1, -0.05) is 0 Å². The maximum absolute atomic E-state index is 11.5. The molecule has 0 bridgehead atoms. The van der Waals surface area contributed by atoms with Crippen LogP contribution in [0.15, 0.2) is 23.4 Å². The highest BCUT2D eigenvalue weighted by Crippen LogP contribution is 2.24. The number of rotatable bonds is 4. The molecule has 0 fully saturated rings. The highest BCUT2D eigenvalue weighted by molar-refractivity contribution is 7.99. The number of nitrogen functional groups attached to an aromatic ring is 1. The first-order chi connectivity index (χ1) is 7.88. The van der Waals surface area contributed by atoms with Crippen LogP contribution in [0.5, 0.6) is 0 Å². The number of esters is 1. The molecule has 1 rings (SSSR count). The van der Waals surface area contributed by atoms with E-state index in [9.17, 15) is 4.79 Å². The number of thioether (sulfide) groups is 1. The van der Waals surface area contributed by atoms with E-state index in [1.165, 1.54) is 11.8 Å². The Morgan fingerprint density at radius 3 is 2.82 bits per heavy atom. The van der Waals surface area contributed by atoms with Crippen LogP contribution in [0, 0.1) is 0 Å². The van der Waals surface area contributed by atoms with Gasteiger partial charge in [-0.05, 0) is 26.8 Å². The molecule has 4 nitrogen and oxygen atoms in total. The van der Waals surface area contributed by atoms with Gasteiger partial charge in [0, 0.05) is 16.8 Å². The van der Waals surface area contributed by atoms with Gasteiger partial charge in [0.25, 0.3) is 0 Å². The molecule has 1 aromatic heterocycles. The molecule has 0 atom stereocenters. The van der Waals surface area contributed by atoms with E-state index < -0.39 is 5.60 Å². The van der Waals surface area contributed by atoms with Crippen LogP contribution in [-0.2, 0) is 9.53 Å². The standard InChI is InChI=1S/C12H18N2O2S/c1-12(2,3)16-11(15)5-7-17-10-4-6-14-8-9(10)13/h4,6,8H,5,7,13H2,1-3H3. The van der Waals surface area contributed by atoms with E-state index in [1.807, 2.05) is 26.8 Å². The lowest BCUT2D eigenvalue weighted by Gasteiger charge is -2.19. The number of anilines is 1. The van der Waals surface area contributed by atoms with Gasteiger partial charge in [-0.3, -0.25) is 9.78 Å². The van der Waals surface area contributed by atoms with E-state index >= 15 is 0 Å². The minimum atomic E-state index is -0.419. The molecule has 1 aromatic rings. The molecule has 1 heterocycles. The molecule has 2 N–H and O–H groups in total. The van der Waals surface area contributed by atoms with Gasteiger partial charge in [0.15, 0.2) is 0 Å². The van der Waals surface area contributed by atoms with E-state index in [0.717, 1.165) is 4.90 Å². The van der Waals surface area contributed by atoms with Crippen LogP contribution in [0.2, 0.25) is 0 Å². The number of hydrogen-bond donors (Lipinski definition) is 1. The van der Waals surface area contributed by atoms with Crippen molar-refractivity contribution in [2.24, 2.45) is 0 Å². The predicted octanol–water partition coefficient (Wildman–Crippen LogP) is 2.49. The summed E-state index contributed by atoms with van der Waals surface area (Å²) in [6.45, 7) is 5.58. The molecule has 0 saturated carbocycles. The largest absolute Gasteiger partial charge is 0.460 e. The summed E-state index contributed by atoms with van der Waals surface area (Å²) < 4.78 is 5.21. The maximum Gasteiger partial charge on any atom is 0.307 e. The zero-order valence-electron chi connectivity index (χ0n) is 10.4. The first kappa shape index (κ1) is 13.8. The van der Waals surface area contributed by atoms with Gasteiger partial charge in [0.2, 0.25) is 0 Å². The van der Waals surface area contributed by atoms with E-state index in [-0.39, 0.29) is 5.97 Å². The van der Waals surface area contributed by atoms with E-state index in [1.54, 1.807) is 12.4 Å². The number of carbonyl (C=O) groups is 1. The molecule has 0 unspecified atom stereocenters. The second-order valence-corrected chi connectivity index (χ2v) is 5.74. The second-order valence-electron chi connectivity index (χ2n) is 4.60.